The summed E-state index contributed by atoms with van der Waals surface area (Å²) in [6, 6.07) is 20.9. The lowest BCUT2D eigenvalue weighted by Gasteiger charge is -2.48. The molecule has 0 bridgehead atoms. The third-order valence-electron chi connectivity index (χ3n) is 8.59. The number of hydrogen-bond acceptors (Lipinski definition) is 7. The quantitative estimate of drug-likeness (QED) is 0.469. The third-order valence-corrected chi connectivity index (χ3v) is 8.59. The van der Waals surface area contributed by atoms with Gasteiger partial charge in [-0.25, -0.2) is 4.79 Å². The van der Waals surface area contributed by atoms with Crippen LogP contribution in [0.1, 0.15) is 30.4 Å². The number of ether oxygens (including phenoxy) is 2. The second kappa shape index (κ2) is 13.4. The Morgan fingerprint density at radius 1 is 1.00 bits per heavy atom. The second-order valence-corrected chi connectivity index (χ2v) is 11.2. The minimum Gasteiger partial charge on any atom is -0.461 e. The molecule has 210 valence electrons. The van der Waals surface area contributed by atoms with E-state index in [-0.39, 0.29) is 24.3 Å². The Bertz CT molecular complexity index is 1060. The molecular weight excluding hydrogens is 492 g/mol. The van der Waals surface area contributed by atoms with Gasteiger partial charge < -0.3 is 19.7 Å². The van der Waals surface area contributed by atoms with E-state index in [1.165, 1.54) is 5.56 Å². The first-order valence-electron chi connectivity index (χ1n) is 14.4. The summed E-state index contributed by atoms with van der Waals surface area (Å²) in [6.45, 7) is 6.14. The zero-order valence-electron chi connectivity index (χ0n) is 23.0. The molecule has 2 aromatic rings. The lowest BCUT2D eigenvalue weighted by atomic mass is 9.75. The molecule has 3 atom stereocenters. The van der Waals surface area contributed by atoms with E-state index in [2.05, 4.69) is 45.4 Å². The normalized spacial score (nSPS) is 23.9. The number of cyclic esters (lactones) is 1. The van der Waals surface area contributed by atoms with Crippen molar-refractivity contribution in [1.29, 1.82) is 0 Å². The third kappa shape index (κ3) is 7.38. The van der Waals surface area contributed by atoms with Gasteiger partial charge in [0.1, 0.15) is 6.61 Å². The van der Waals surface area contributed by atoms with Gasteiger partial charge in [0.15, 0.2) is 6.23 Å². The Balaban J connectivity index is 1.31. The van der Waals surface area contributed by atoms with Gasteiger partial charge in [0.25, 0.3) is 0 Å². The summed E-state index contributed by atoms with van der Waals surface area (Å²) >= 11 is 0. The first-order valence-corrected chi connectivity index (χ1v) is 14.4. The minimum atomic E-state index is -0.251. The fourth-order valence-electron chi connectivity index (χ4n) is 6.38. The van der Waals surface area contributed by atoms with Gasteiger partial charge in [-0.1, -0.05) is 60.7 Å². The number of piperazine rings is 1. The standard InChI is InChI=1S/C31H42N4O4/c1-33-22-29(39-31(33)37)35-19-18-34(17-14-30(36)38-23-25-10-6-3-7-11-25)28(21-35)27(26-12-15-32-16-13-26)20-24-8-4-2-5-9-24/h2-11,26-29,32H,12-23H2,1H3. The molecule has 1 amide bonds. The lowest BCUT2D eigenvalue weighted by molar-refractivity contribution is -0.146. The summed E-state index contributed by atoms with van der Waals surface area (Å²) in [5.41, 5.74) is 2.36. The number of benzene rings is 2. The SMILES string of the molecule is CN1CC(N2CCN(CCC(=O)OCc3ccccc3)C(C(Cc3ccccc3)C3CCNCC3)C2)OC1=O. The van der Waals surface area contributed by atoms with Crippen molar-refractivity contribution in [2.24, 2.45) is 11.8 Å². The minimum absolute atomic E-state index is 0.159. The van der Waals surface area contributed by atoms with Gasteiger partial charge in [0.2, 0.25) is 0 Å². The molecule has 3 heterocycles. The summed E-state index contributed by atoms with van der Waals surface area (Å²) in [5.74, 6) is 0.873. The van der Waals surface area contributed by atoms with Crippen molar-refractivity contribution in [3.63, 3.8) is 0 Å². The van der Waals surface area contributed by atoms with Gasteiger partial charge >= 0.3 is 12.1 Å². The highest BCUT2D eigenvalue weighted by Crippen LogP contribution is 2.33. The first kappa shape index (κ1) is 27.6. The van der Waals surface area contributed by atoms with Crippen molar-refractivity contribution in [1.82, 2.24) is 20.0 Å². The summed E-state index contributed by atoms with van der Waals surface area (Å²) in [5, 5.41) is 3.53. The molecule has 3 fully saturated rings. The lowest BCUT2D eigenvalue weighted by Crippen LogP contribution is -2.60. The summed E-state index contributed by atoms with van der Waals surface area (Å²) in [6.07, 6.45) is 3.22. The van der Waals surface area contributed by atoms with Crippen LogP contribution >= 0.6 is 0 Å². The average Bonchev–Trinajstić information content (AvgIpc) is 3.33. The van der Waals surface area contributed by atoms with Crippen LogP contribution in [0.15, 0.2) is 60.7 Å². The number of esters is 1. The highest BCUT2D eigenvalue weighted by atomic mass is 16.6. The Morgan fingerprint density at radius 2 is 1.69 bits per heavy atom. The Kier molecular flexibility index (Phi) is 9.50. The molecule has 8 nitrogen and oxygen atoms in total. The molecule has 3 aliphatic heterocycles. The van der Waals surface area contributed by atoms with Crippen LogP contribution in [0.25, 0.3) is 0 Å². The van der Waals surface area contributed by atoms with Crippen LogP contribution in [0.5, 0.6) is 0 Å². The zero-order valence-corrected chi connectivity index (χ0v) is 23.0. The van der Waals surface area contributed by atoms with Gasteiger partial charge in [-0.3, -0.25) is 14.6 Å². The fraction of sp³-hybridized carbons (Fsp3) is 0.548. The summed E-state index contributed by atoms with van der Waals surface area (Å²) < 4.78 is 11.3. The van der Waals surface area contributed by atoms with E-state index in [0.717, 1.165) is 57.5 Å². The maximum atomic E-state index is 12.7. The van der Waals surface area contributed by atoms with Gasteiger partial charge in [-0.2, -0.15) is 0 Å². The molecule has 0 radical (unpaired) electrons. The molecule has 8 heteroatoms. The number of likely N-dealkylation sites (N-methyl/N-ethyl adjacent to an activating group) is 1. The molecule has 0 saturated carbocycles. The molecular formula is C31H42N4O4. The van der Waals surface area contributed by atoms with Crippen LogP contribution in [-0.4, -0.2) is 91.9 Å². The van der Waals surface area contributed by atoms with Gasteiger partial charge in [-0.15, -0.1) is 0 Å². The van der Waals surface area contributed by atoms with Crippen LogP contribution in [0.3, 0.4) is 0 Å². The van der Waals surface area contributed by atoms with Crippen molar-refractivity contribution in [3.05, 3.63) is 71.8 Å². The molecule has 1 N–H and O–H groups in total. The van der Waals surface area contributed by atoms with Crippen molar-refractivity contribution in [2.45, 2.75) is 44.6 Å². The summed E-state index contributed by atoms with van der Waals surface area (Å²) in [7, 11) is 1.80. The van der Waals surface area contributed by atoms with Gasteiger partial charge in [-0.05, 0) is 55.3 Å². The highest BCUT2D eigenvalue weighted by Gasteiger charge is 2.42. The molecule has 3 saturated heterocycles. The number of nitrogens with zero attached hydrogens (tertiary/aromatic N) is 3. The predicted molar refractivity (Wildman–Crippen MR) is 150 cm³/mol. The van der Waals surface area contributed by atoms with Crippen LogP contribution in [-0.2, 0) is 27.3 Å². The van der Waals surface area contributed by atoms with E-state index in [4.69, 9.17) is 9.47 Å². The molecule has 0 aromatic heterocycles. The first-order chi connectivity index (χ1) is 19.1. The molecule has 0 aliphatic carbocycles. The number of hydrogen-bond donors (Lipinski definition) is 1. The zero-order chi connectivity index (χ0) is 27.0. The monoisotopic (exact) mass is 534 g/mol. The Labute approximate surface area is 232 Å². The molecule has 3 unspecified atom stereocenters. The van der Waals surface area contributed by atoms with E-state index in [1.807, 2.05) is 30.3 Å². The van der Waals surface area contributed by atoms with Crippen LogP contribution in [0, 0.1) is 11.8 Å². The Hall–Kier alpha value is -2.94. The number of carbonyl (C=O) groups is 2. The van der Waals surface area contributed by atoms with Crippen LogP contribution in [0.4, 0.5) is 4.79 Å². The molecule has 5 rings (SSSR count). The van der Waals surface area contributed by atoms with Crippen molar-refractivity contribution in [3.8, 4) is 0 Å². The van der Waals surface area contributed by atoms with E-state index in [9.17, 15) is 9.59 Å². The van der Waals surface area contributed by atoms with E-state index < -0.39 is 0 Å². The maximum Gasteiger partial charge on any atom is 0.411 e. The van der Waals surface area contributed by atoms with E-state index in [0.29, 0.717) is 38.0 Å². The van der Waals surface area contributed by atoms with Gasteiger partial charge in [0.05, 0.1) is 13.0 Å². The number of amides is 1. The number of carbonyl (C=O) groups excluding carboxylic acids is 2. The molecule has 2 aromatic carbocycles. The summed E-state index contributed by atoms with van der Waals surface area (Å²) in [4.78, 5) is 31.4. The Morgan fingerprint density at radius 3 is 2.36 bits per heavy atom. The number of nitrogens with one attached hydrogen (secondary N) is 1. The fourth-order valence-corrected chi connectivity index (χ4v) is 6.38. The van der Waals surface area contributed by atoms with Gasteiger partial charge in [0, 0.05) is 39.3 Å². The van der Waals surface area contributed by atoms with Crippen molar-refractivity contribution in [2.75, 3.05) is 52.9 Å². The highest BCUT2D eigenvalue weighted by molar-refractivity contribution is 5.69. The maximum absolute atomic E-state index is 12.7. The van der Waals surface area contributed by atoms with Crippen LogP contribution in [0.2, 0.25) is 0 Å². The molecule has 0 spiro atoms. The molecule has 39 heavy (non-hydrogen) atoms. The largest absolute Gasteiger partial charge is 0.461 e. The van der Waals surface area contributed by atoms with E-state index in [1.54, 1.807) is 11.9 Å². The van der Waals surface area contributed by atoms with Crippen molar-refractivity contribution < 1.29 is 19.1 Å². The smallest absolute Gasteiger partial charge is 0.411 e. The molecule has 3 aliphatic rings. The number of piperidine rings is 1. The van der Waals surface area contributed by atoms with Crippen molar-refractivity contribution >= 4 is 12.1 Å². The topological polar surface area (TPSA) is 74.3 Å². The predicted octanol–water partition coefficient (Wildman–Crippen LogP) is 3.37. The van der Waals surface area contributed by atoms with E-state index >= 15 is 0 Å². The van der Waals surface area contributed by atoms with Crippen LogP contribution < -0.4 is 5.32 Å². The average molecular weight is 535 g/mol. The number of rotatable bonds is 10. The second-order valence-electron chi connectivity index (χ2n) is 11.2.